The number of nitrogens with zero attached hydrogens (tertiary/aromatic N) is 2. The average molecular weight is 794 g/mol. The number of nitrogens with one attached hydrogen (secondary N) is 2. The van der Waals surface area contributed by atoms with Crippen LogP contribution in [0.15, 0.2) is 108 Å². The summed E-state index contributed by atoms with van der Waals surface area (Å²) in [4.78, 5) is 62.0. The number of benzene rings is 4. The molecule has 4 atom stereocenters. The average Bonchev–Trinajstić information content (AvgIpc) is 3.86. The summed E-state index contributed by atoms with van der Waals surface area (Å²) in [5.41, 5.74) is 10.4. The highest BCUT2D eigenvalue weighted by Crippen LogP contribution is 2.26. The van der Waals surface area contributed by atoms with Crippen LogP contribution in [0.3, 0.4) is 0 Å². The van der Waals surface area contributed by atoms with Gasteiger partial charge in [-0.05, 0) is 92.1 Å². The van der Waals surface area contributed by atoms with Gasteiger partial charge in [0, 0.05) is 18.0 Å². The number of amides is 3. The van der Waals surface area contributed by atoms with Crippen molar-refractivity contribution in [2.75, 3.05) is 13.1 Å². The van der Waals surface area contributed by atoms with Gasteiger partial charge in [0.25, 0.3) is 5.89 Å². The quantitative estimate of drug-likeness (QED) is 0.0647. The monoisotopic (exact) mass is 793 g/mol. The number of hydrogen-bond acceptors (Lipinski definition) is 9. The molecule has 6 rings (SSSR count). The van der Waals surface area contributed by atoms with Crippen molar-refractivity contribution in [1.29, 1.82) is 0 Å². The predicted molar refractivity (Wildman–Crippen MR) is 216 cm³/mol. The maximum absolute atomic E-state index is 14.6. The van der Waals surface area contributed by atoms with Gasteiger partial charge in [0.1, 0.15) is 24.2 Å². The van der Waals surface area contributed by atoms with Crippen LogP contribution in [0.25, 0.3) is 11.1 Å². The van der Waals surface area contributed by atoms with Crippen LogP contribution >= 0.6 is 11.6 Å². The molecule has 57 heavy (non-hydrogen) atoms. The molecular formula is C44H48ClN5O7. The Morgan fingerprint density at radius 3 is 2.28 bits per heavy atom. The highest BCUT2D eigenvalue weighted by Gasteiger charge is 2.43. The van der Waals surface area contributed by atoms with E-state index in [9.17, 15) is 19.2 Å². The molecule has 0 unspecified atom stereocenters. The van der Waals surface area contributed by atoms with Crippen LogP contribution in [0.4, 0.5) is 4.79 Å². The van der Waals surface area contributed by atoms with E-state index in [0.717, 1.165) is 22.3 Å². The van der Waals surface area contributed by atoms with Crippen LogP contribution in [0.1, 0.15) is 65.0 Å². The van der Waals surface area contributed by atoms with Gasteiger partial charge in [-0.3, -0.25) is 14.4 Å². The standard InChI is InChI=1S/C44H48ClN5O7/c1-29-15-22-39-37(24-29)48-42(57-39)40(51)35(14-8-9-23-46)47-41(52)38-25-34(55-27-32-16-19-33(45)20-17-32)26-50(38)43(53)36(21-18-30-10-4-2-5-11-30)49-44(54)56-28-31-12-6-3-7-13-31/h2-7,10-13,15-17,19-20,22,24,34-36,38H,8-9,14,18,21,23,25-28,46H2,1H3,(H,47,52)(H,49,54)/t34-,35+,36-,38+/m1/s1. The molecule has 12 nitrogen and oxygen atoms in total. The lowest BCUT2D eigenvalue weighted by Gasteiger charge is -2.29. The van der Waals surface area contributed by atoms with Crippen molar-refractivity contribution >= 4 is 46.4 Å². The Labute approximate surface area is 337 Å². The maximum Gasteiger partial charge on any atom is 0.408 e. The Morgan fingerprint density at radius 1 is 0.860 bits per heavy atom. The molecule has 0 bridgehead atoms. The highest BCUT2D eigenvalue weighted by atomic mass is 35.5. The van der Waals surface area contributed by atoms with E-state index in [2.05, 4.69) is 15.6 Å². The zero-order valence-corrected chi connectivity index (χ0v) is 32.7. The molecule has 1 aliphatic heterocycles. The Kier molecular flexibility index (Phi) is 14.4. The predicted octanol–water partition coefficient (Wildman–Crippen LogP) is 6.70. The lowest BCUT2D eigenvalue weighted by molar-refractivity contribution is -0.140. The van der Waals surface area contributed by atoms with E-state index in [1.807, 2.05) is 91.9 Å². The van der Waals surface area contributed by atoms with E-state index < -0.39 is 47.9 Å². The lowest BCUT2D eigenvalue weighted by atomic mass is 10.0. The van der Waals surface area contributed by atoms with Gasteiger partial charge in [0.05, 0.1) is 18.8 Å². The minimum absolute atomic E-state index is 0.0148. The number of carbonyl (C=O) groups is 4. The molecule has 298 valence electrons. The van der Waals surface area contributed by atoms with Crippen LogP contribution in [-0.4, -0.2) is 70.9 Å². The van der Waals surface area contributed by atoms with Crippen LogP contribution in [-0.2, 0) is 38.7 Å². The van der Waals surface area contributed by atoms with Gasteiger partial charge in [0.2, 0.25) is 17.6 Å². The summed E-state index contributed by atoms with van der Waals surface area (Å²) in [5, 5.41) is 6.30. The van der Waals surface area contributed by atoms with Gasteiger partial charge in [0.15, 0.2) is 5.58 Å². The zero-order chi connectivity index (χ0) is 40.1. The Balaban J connectivity index is 1.24. The van der Waals surface area contributed by atoms with Crippen molar-refractivity contribution in [2.24, 2.45) is 5.73 Å². The van der Waals surface area contributed by atoms with Crippen molar-refractivity contribution in [3.63, 3.8) is 0 Å². The number of rotatable bonds is 18. The van der Waals surface area contributed by atoms with Crippen molar-refractivity contribution in [1.82, 2.24) is 20.5 Å². The number of likely N-dealkylation sites (tertiary alicyclic amines) is 1. The molecule has 0 radical (unpaired) electrons. The van der Waals surface area contributed by atoms with Crippen molar-refractivity contribution < 1.29 is 33.1 Å². The SMILES string of the molecule is Cc1ccc2oc(C(=O)[C@H](CCCCN)NC(=O)[C@@H]3C[C@@H](OCc4ccc(Cl)cc4)CN3C(=O)[C@@H](CCc3ccccc3)NC(=O)OCc3ccccc3)nc2c1. The van der Waals surface area contributed by atoms with E-state index in [-0.39, 0.29) is 44.9 Å². The number of aromatic nitrogens is 1. The second-order valence-corrected chi connectivity index (χ2v) is 14.7. The number of unbranched alkanes of at least 4 members (excludes halogenated alkanes) is 1. The topological polar surface area (TPSA) is 166 Å². The minimum atomic E-state index is -1.04. The molecule has 0 aliphatic carbocycles. The molecule has 1 aromatic heterocycles. The fraction of sp³-hybridized carbons (Fsp3) is 0.341. The lowest BCUT2D eigenvalue weighted by Crippen LogP contribution is -2.55. The minimum Gasteiger partial charge on any atom is -0.445 e. The van der Waals surface area contributed by atoms with Crippen LogP contribution < -0.4 is 16.4 Å². The summed E-state index contributed by atoms with van der Waals surface area (Å²) in [6.07, 6.45) is 1.04. The molecular weight excluding hydrogens is 746 g/mol. The number of ketones is 1. The molecule has 1 fully saturated rings. The highest BCUT2D eigenvalue weighted by molar-refractivity contribution is 6.30. The number of nitrogens with two attached hydrogens (primary N) is 1. The number of oxazole rings is 1. The zero-order valence-electron chi connectivity index (χ0n) is 31.9. The smallest absolute Gasteiger partial charge is 0.408 e. The number of carbonyl (C=O) groups excluding carboxylic acids is 4. The summed E-state index contributed by atoms with van der Waals surface area (Å²) >= 11 is 6.09. The number of halogens is 1. The van der Waals surface area contributed by atoms with E-state index in [1.165, 1.54) is 4.90 Å². The number of aryl methyl sites for hydroxylation is 2. The number of fused-ring (bicyclic) bond motifs is 1. The van der Waals surface area contributed by atoms with Crippen molar-refractivity contribution in [3.8, 4) is 0 Å². The second kappa shape index (κ2) is 20.0. The third-order valence-electron chi connectivity index (χ3n) is 9.95. The molecule has 2 heterocycles. The molecule has 3 amide bonds. The fourth-order valence-corrected chi connectivity index (χ4v) is 6.97. The Hall–Kier alpha value is -5.56. The first-order valence-electron chi connectivity index (χ1n) is 19.3. The Bertz CT molecular complexity index is 2110. The molecule has 0 spiro atoms. The molecule has 1 aliphatic rings. The van der Waals surface area contributed by atoms with Crippen LogP contribution in [0.5, 0.6) is 0 Å². The van der Waals surface area contributed by atoms with Crippen molar-refractivity contribution in [2.45, 2.75) is 82.9 Å². The molecule has 0 saturated carbocycles. The van der Waals surface area contributed by atoms with Gasteiger partial charge in [-0.25, -0.2) is 9.78 Å². The van der Waals surface area contributed by atoms with Crippen molar-refractivity contribution in [3.05, 3.63) is 136 Å². The molecule has 1 saturated heterocycles. The third kappa shape index (κ3) is 11.5. The first-order valence-corrected chi connectivity index (χ1v) is 19.6. The second-order valence-electron chi connectivity index (χ2n) is 14.3. The van der Waals surface area contributed by atoms with Gasteiger partial charge in [-0.2, -0.15) is 0 Å². The summed E-state index contributed by atoms with van der Waals surface area (Å²) in [7, 11) is 0. The summed E-state index contributed by atoms with van der Waals surface area (Å²) in [6.45, 7) is 2.64. The number of ether oxygens (including phenoxy) is 2. The van der Waals surface area contributed by atoms with E-state index in [1.54, 1.807) is 18.2 Å². The molecule has 4 N–H and O–H groups in total. The van der Waals surface area contributed by atoms with E-state index in [4.69, 9.17) is 31.2 Å². The molecule has 13 heteroatoms. The molecule has 4 aromatic carbocycles. The van der Waals surface area contributed by atoms with Gasteiger partial charge >= 0.3 is 6.09 Å². The van der Waals surface area contributed by atoms with Gasteiger partial charge in [-0.15, -0.1) is 0 Å². The van der Waals surface area contributed by atoms with Gasteiger partial charge < -0.3 is 35.2 Å². The van der Waals surface area contributed by atoms with Crippen LogP contribution in [0.2, 0.25) is 5.02 Å². The summed E-state index contributed by atoms with van der Waals surface area (Å²) in [5.74, 6) is -1.60. The number of alkyl carbamates (subject to hydrolysis) is 1. The van der Waals surface area contributed by atoms with E-state index in [0.29, 0.717) is 41.9 Å². The fourth-order valence-electron chi connectivity index (χ4n) is 6.85. The summed E-state index contributed by atoms with van der Waals surface area (Å²) < 4.78 is 17.6. The third-order valence-corrected chi connectivity index (χ3v) is 10.2. The first kappa shape index (κ1) is 41.1. The van der Waals surface area contributed by atoms with Crippen LogP contribution in [0, 0.1) is 6.92 Å². The molecule has 5 aromatic rings. The Morgan fingerprint density at radius 2 is 1.56 bits per heavy atom. The maximum atomic E-state index is 14.6. The largest absolute Gasteiger partial charge is 0.445 e. The van der Waals surface area contributed by atoms with Gasteiger partial charge in [-0.1, -0.05) is 90.5 Å². The number of Topliss-reactive ketones (excluding diaryl/α,β-unsaturated/α-hetero) is 1. The summed E-state index contributed by atoms with van der Waals surface area (Å²) in [6, 6.07) is 28.4. The van der Waals surface area contributed by atoms with E-state index >= 15 is 0 Å². The first-order chi connectivity index (χ1) is 27.7. The number of hydrogen-bond donors (Lipinski definition) is 3. The normalized spacial score (nSPS) is 16.2.